The minimum absolute atomic E-state index is 0.0209. The lowest BCUT2D eigenvalue weighted by atomic mass is 10.2. The van der Waals surface area contributed by atoms with Gasteiger partial charge in [0, 0.05) is 22.5 Å². The molecule has 0 bridgehead atoms. The molecule has 0 aliphatic heterocycles. The molecular formula is C20H29IN6O3. The lowest BCUT2D eigenvalue weighted by molar-refractivity contribution is 0.0995. The Labute approximate surface area is 190 Å². The number of nitrogens with two attached hydrogens (primary N) is 1. The smallest absolute Gasteiger partial charge is 0.271 e. The number of hydrogen-bond donors (Lipinski definition) is 2. The molecule has 3 N–H and O–H groups in total. The molecule has 0 aliphatic rings. The largest absolute Gasteiger partial charge is 0.477 e. The number of halogens is 1. The summed E-state index contributed by atoms with van der Waals surface area (Å²) in [4.78, 5) is 31.2. The Morgan fingerprint density at radius 1 is 1.37 bits per heavy atom. The number of nitrogens with zero attached hydrogens (tertiary/aromatic N) is 4. The number of carbonyl (C=O) groups is 2. The third-order valence-electron chi connectivity index (χ3n) is 4.43. The van der Waals surface area contributed by atoms with Crippen molar-refractivity contribution in [2.75, 3.05) is 32.6 Å². The van der Waals surface area contributed by atoms with E-state index in [4.69, 9.17) is 10.5 Å². The Kier molecular flexibility index (Phi) is 9.03. The molecule has 2 rings (SSSR count). The van der Waals surface area contributed by atoms with E-state index >= 15 is 0 Å². The van der Waals surface area contributed by atoms with Crippen LogP contribution in [0.3, 0.4) is 0 Å². The molecule has 1 atom stereocenters. The van der Waals surface area contributed by atoms with Crippen LogP contribution in [0.2, 0.25) is 0 Å². The van der Waals surface area contributed by atoms with Gasteiger partial charge in [0.25, 0.3) is 11.8 Å². The molecule has 2 aromatic rings. The molecule has 0 saturated carbocycles. The van der Waals surface area contributed by atoms with Gasteiger partial charge in [-0.05, 0) is 55.6 Å². The number of anilines is 1. The van der Waals surface area contributed by atoms with Crippen molar-refractivity contribution in [1.29, 1.82) is 0 Å². The van der Waals surface area contributed by atoms with Crippen LogP contribution in [-0.2, 0) is 0 Å². The molecule has 30 heavy (non-hydrogen) atoms. The van der Waals surface area contributed by atoms with Gasteiger partial charge in [-0.15, -0.1) is 0 Å². The van der Waals surface area contributed by atoms with Crippen molar-refractivity contribution in [3.63, 3.8) is 0 Å². The van der Waals surface area contributed by atoms with Crippen LogP contribution in [0.1, 0.15) is 60.0 Å². The maximum absolute atomic E-state index is 13.0. The van der Waals surface area contributed by atoms with Crippen molar-refractivity contribution in [3.05, 3.63) is 33.3 Å². The fourth-order valence-electron chi connectivity index (χ4n) is 2.88. The standard InChI is InChI=1S/C20H29IN6O3/c1-5-7-8-30-20-15(9-13(21)10-23-20)19(29)24-16-12-27(25-17(16)18(22)28)14(6-2)11-26(3)4/h9-10,12,14H,5-8,11H2,1-4H3,(H2,22,28)(H,24,29). The van der Waals surface area contributed by atoms with Gasteiger partial charge in [0.15, 0.2) is 5.69 Å². The highest BCUT2D eigenvalue weighted by atomic mass is 127. The summed E-state index contributed by atoms with van der Waals surface area (Å²) >= 11 is 2.08. The van der Waals surface area contributed by atoms with Crippen LogP contribution in [-0.4, -0.2) is 58.7 Å². The lowest BCUT2D eigenvalue weighted by Gasteiger charge is -2.19. The number of carbonyl (C=O) groups excluding carboxylic acids is 2. The fourth-order valence-corrected chi connectivity index (χ4v) is 3.33. The first kappa shape index (κ1) is 24.1. The quantitative estimate of drug-likeness (QED) is 0.343. The Balaban J connectivity index is 2.32. The fraction of sp³-hybridized carbons (Fsp3) is 0.500. The van der Waals surface area contributed by atoms with Crippen LogP contribution in [0.25, 0.3) is 0 Å². The van der Waals surface area contributed by atoms with Gasteiger partial charge in [0.1, 0.15) is 5.56 Å². The predicted octanol–water partition coefficient (Wildman–Crippen LogP) is 2.93. The topological polar surface area (TPSA) is 115 Å². The summed E-state index contributed by atoms with van der Waals surface area (Å²) in [6.45, 7) is 5.30. The summed E-state index contributed by atoms with van der Waals surface area (Å²) in [6, 6.07) is 1.73. The van der Waals surface area contributed by atoms with E-state index in [0.29, 0.717) is 12.2 Å². The highest BCUT2D eigenvalue weighted by molar-refractivity contribution is 14.1. The van der Waals surface area contributed by atoms with E-state index in [9.17, 15) is 9.59 Å². The van der Waals surface area contributed by atoms with Gasteiger partial charge in [0.05, 0.1) is 18.3 Å². The second-order valence-corrected chi connectivity index (χ2v) is 8.47. The second-order valence-electron chi connectivity index (χ2n) is 7.22. The highest BCUT2D eigenvalue weighted by Crippen LogP contribution is 2.23. The van der Waals surface area contributed by atoms with Crippen molar-refractivity contribution in [2.45, 2.75) is 39.2 Å². The molecule has 2 aromatic heterocycles. The average molecular weight is 528 g/mol. The van der Waals surface area contributed by atoms with Crippen LogP contribution in [0.5, 0.6) is 5.88 Å². The third kappa shape index (κ3) is 6.39. The second kappa shape index (κ2) is 11.3. The lowest BCUT2D eigenvalue weighted by Crippen LogP contribution is -2.25. The van der Waals surface area contributed by atoms with E-state index in [0.717, 1.165) is 29.4 Å². The zero-order valence-electron chi connectivity index (χ0n) is 17.8. The van der Waals surface area contributed by atoms with Crippen molar-refractivity contribution < 1.29 is 14.3 Å². The Morgan fingerprint density at radius 3 is 2.70 bits per heavy atom. The number of rotatable bonds is 11. The summed E-state index contributed by atoms with van der Waals surface area (Å²) in [6.07, 6.45) is 5.92. The first-order valence-corrected chi connectivity index (χ1v) is 11.0. The summed E-state index contributed by atoms with van der Waals surface area (Å²) in [5, 5.41) is 7.09. The number of aromatic nitrogens is 3. The van der Waals surface area contributed by atoms with Gasteiger partial charge in [0.2, 0.25) is 5.88 Å². The van der Waals surface area contributed by atoms with E-state index in [2.05, 4.69) is 44.9 Å². The molecule has 0 saturated heterocycles. The molecule has 2 amide bonds. The molecule has 0 radical (unpaired) electrons. The van der Waals surface area contributed by atoms with Gasteiger partial charge in [-0.2, -0.15) is 5.10 Å². The Morgan fingerprint density at radius 2 is 2.10 bits per heavy atom. The first-order valence-electron chi connectivity index (χ1n) is 9.90. The summed E-state index contributed by atoms with van der Waals surface area (Å²) in [5.74, 6) is -0.882. The Bertz CT molecular complexity index is 883. The van der Waals surface area contributed by atoms with E-state index in [1.54, 1.807) is 23.1 Å². The molecule has 10 heteroatoms. The minimum atomic E-state index is -0.705. The molecular weight excluding hydrogens is 499 g/mol. The number of primary amides is 1. The van der Waals surface area contributed by atoms with Crippen LogP contribution >= 0.6 is 22.6 Å². The van der Waals surface area contributed by atoms with E-state index in [-0.39, 0.29) is 23.3 Å². The molecule has 164 valence electrons. The molecule has 0 spiro atoms. The van der Waals surface area contributed by atoms with Crippen molar-refractivity contribution in [1.82, 2.24) is 19.7 Å². The maximum atomic E-state index is 13.0. The highest BCUT2D eigenvalue weighted by Gasteiger charge is 2.22. The van der Waals surface area contributed by atoms with Crippen molar-refractivity contribution >= 4 is 40.1 Å². The number of hydrogen-bond acceptors (Lipinski definition) is 6. The zero-order valence-corrected chi connectivity index (χ0v) is 20.0. The molecule has 0 fully saturated rings. The zero-order chi connectivity index (χ0) is 22.3. The van der Waals surface area contributed by atoms with Crippen LogP contribution in [0.15, 0.2) is 18.5 Å². The average Bonchev–Trinajstić information content (AvgIpc) is 3.11. The monoisotopic (exact) mass is 528 g/mol. The van der Waals surface area contributed by atoms with Gasteiger partial charge in [-0.1, -0.05) is 20.3 Å². The number of amides is 2. The first-order chi connectivity index (χ1) is 14.3. The normalized spacial score (nSPS) is 12.1. The van der Waals surface area contributed by atoms with E-state index < -0.39 is 11.8 Å². The van der Waals surface area contributed by atoms with Gasteiger partial charge in [-0.3, -0.25) is 14.3 Å². The predicted molar refractivity (Wildman–Crippen MR) is 124 cm³/mol. The van der Waals surface area contributed by atoms with Crippen LogP contribution in [0, 0.1) is 3.57 Å². The van der Waals surface area contributed by atoms with Crippen LogP contribution in [0.4, 0.5) is 5.69 Å². The van der Waals surface area contributed by atoms with Gasteiger partial charge in [-0.25, -0.2) is 4.98 Å². The number of likely N-dealkylation sites (N-methyl/N-ethyl adjacent to an activating group) is 1. The molecule has 0 aliphatic carbocycles. The minimum Gasteiger partial charge on any atom is -0.477 e. The molecule has 2 heterocycles. The van der Waals surface area contributed by atoms with Gasteiger partial charge >= 0.3 is 0 Å². The molecule has 1 unspecified atom stereocenters. The van der Waals surface area contributed by atoms with Crippen molar-refractivity contribution in [2.24, 2.45) is 5.73 Å². The molecule has 9 nitrogen and oxygen atoms in total. The SMILES string of the molecule is CCCCOc1ncc(I)cc1C(=O)Nc1cn(C(CC)CN(C)C)nc1C(N)=O. The number of pyridine rings is 1. The summed E-state index contributed by atoms with van der Waals surface area (Å²) in [5.41, 5.74) is 6.09. The molecule has 0 aromatic carbocycles. The van der Waals surface area contributed by atoms with Crippen molar-refractivity contribution in [3.8, 4) is 5.88 Å². The van der Waals surface area contributed by atoms with Gasteiger partial charge < -0.3 is 20.7 Å². The third-order valence-corrected chi connectivity index (χ3v) is 5.02. The van der Waals surface area contributed by atoms with E-state index in [1.165, 1.54) is 0 Å². The number of nitrogens with one attached hydrogen (secondary N) is 1. The van der Waals surface area contributed by atoms with E-state index in [1.807, 2.05) is 25.9 Å². The van der Waals surface area contributed by atoms with Crippen LogP contribution < -0.4 is 15.8 Å². The summed E-state index contributed by atoms with van der Waals surface area (Å²) < 4.78 is 8.16. The summed E-state index contributed by atoms with van der Waals surface area (Å²) in [7, 11) is 3.93. The Hall–Kier alpha value is -2.21. The maximum Gasteiger partial charge on any atom is 0.271 e. The number of ether oxygens (including phenoxy) is 1. The number of unbranched alkanes of at least 4 members (excludes halogenated alkanes) is 1.